The van der Waals surface area contributed by atoms with Crippen LogP contribution in [0.15, 0.2) is 23.2 Å². The van der Waals surface area contributed by atoms with E-state index in [-0.39, 0.29) is 0 Å². The molecule has 0 aromatic heterocycles. The first kappa shape index (κ1) is 13.0. The van der Waals surface area contributed by atoms with E-state index in [4.69, 9.17) is 4.99 Å². The summed E-state index contributed by atoms with van der Waals surface area (Å²) in [5, 5.41) is 0. The Hall–Kier alpha value is -1.11. The monoisotopic (exact) mass is 217 g/mol. The Kier molecular flexibility index (Phi) is 4.72. The summed E-state index contributed by atoms with van der Waals surface area (Å²) in [7, 11) is 0. The third-order valence-corrected chi connectivity index (χ3v) is 3.06. The molecule has 0 radical (unpaired) electrons. The first-order valence-electron chi connectivity index (χ1n) is 6.37. The van der Waals surface area contributed by atoms with E-state index in [0.29, 0.717) is 5.92 Å². The van der Waals surface area contributed by atoms with Crippen LogP contribution in [-0.2, 0) is 6.42 Å². The molecule has 1 aliphatic rings. The summed E-state index contributed by atoms with van der Waals surface area (Å²) >= 11 is 0. The first-order valence-corrected chi connectivity index (χ1v) is 6.37. The minimum absolute atomic E-state index is 0.628. The lowest BCUT2D eigenvalue weighted by atomic mass is 9.98. The highest BCUT2D eigenvalue weighted by molar-refractivity contribution is 5.95. The van der Waals surface area contributed by atoms with Gasteiger partial charge in [-0.15, -0.1) is 0 Å². The fraction of sp³-hybridized carbons (Fsp3) is 0.533. The fourth-order valence-electron chi connectivity index (χ4n) is 1.84. The second kappa shape index (κ2) is 5.83. The molecule has 0 fully saturated rings. The van der Waals surface area contributed by atoms with Gasteiger partial charge in [0.1, 0.15) is 0 Å². The smallest absolute Gasteiger partial charge is 0.0667 e. The van der Waals surface area contributed by atoms with Crippen LogP contribution in [-0.4, -0.2) is 5.71 Å². The maximum atomic E-state index is 4.70. The van der Waals surface area contributed by atoms with Crippen molar-refractivity contribution >= 4 is 11.4 Å². The number of rotatable bonds is 2. The highest BCUT2D eigenvalue weighted by atomic mass is 14.8. The molecule has 0 saturated heterocycles. The first-order chi connectivity index (χ1) is 7.70. The highest BCUT2D eigenvalue weighted by Gasteiger charge is 2.17. The Morgan fingerprint density at radius 2 is 2.00 bits per heavy atom. The second-order valence-corrected chi connectivity index (χ2v) is 4.22. The molecule has 1 nitrogen and oxygen atoms in total. The standard InChI is InChI=1S/C13H17N.C2H6/c1-4-10(3)12-8-11-6-5-9(2)7-13(11)14-12;1-2/h5-7,10H,4,8H2,1-3H3;1-2H3. The largest absolute Gasteiger partial charge is 0.257 e. The molecule has 0 aliphatic carbocycles. The number of fused-ring (bicyclic) bond motifs is 1. The number of hydrogen-bond acceptors (Lipinski definition) is 1. The molecule has 1 heterocycles. The van der Waals surface area contributed by atoms with Crippen molar-refractivity contribution in [3.8, 4) is 0 Å². The molecule has 88 valence electrons. The van der Waals surface area contributed by atoms with Crippen LogP contribution >= 0.6 is 0 Å². The van der Waals surface area contributed by atoms with Crippen LogP contribution in [0.2, 0.25) is 0 Å². The van der Waals surface area contributed by atoms with Crippen molar-refractivity contribution in [3.63, 3.8) is 0 Å². The summed E-state index contributed by atoms with van der Waals surface area (Å²) in [4.78, 5) is 4.70. The van der Waals surface area contributed by atoms with Gasteiger partial charge in [0.05, 0.1) is 5.69 Å². The zero-order valence-electron chi connectivity index (χ0n) is 11.2. The molecule has 1 aromatic rings. The molecular weight excluding hydrogens is 194 g/mol. The molecule has 0 saturated carbocycles. The Morgan fingerprint density at radius 1 is 1.31 bits per heavy atom. The predicted octanol–water partition coefficient (Wildman–Crippen LogP) is 4.70. The number of hydrogen-bond donors (Lipinski definition) is 0. The van der Waals surface area contributed by atoms with Crippen molar-refractivity contribution in [1.29, 1.82) is 0 Å². The van der Waals surface area contributed by atoms with E-state index in [2.05, 4.69) is 39.0 Å². The Bertz CT molecular complexity index is 377. The Morgan fingerprint density at radius 3 is 2.62 bits per heavy atom. The lowest BCUT2D eigenvalue weighted by Crippen LogP contribution is -2.09. The van der Waals surface area contributed by atoms with Gasteiger partial charge in [-0.1, -0.05) is 39.8 Å². The van der Waals surface area contributed by atoms with Crippen molar-refractivity contribution < 1.29 is 0 Å². The van der Waals surface area contributed by atoms with Gasteiger partial charge < -0.3 is 0 Å². The predicted molar refractivity (Wildman–Crippen MR) is 72.8 cm³/mol. The van der Waals surface area contributed by atoms with Crippen LogP contribution in [0.25, 0.3) is 0 Å². The van der Waals surface area contributed by atoms with Crippen LogP contribution in [0.3, 0.4) is 0 Å². The van der Waals surface area contributed by atoms with Crippen molar-refractivity contribution in [1.82, 2.24) is 0 Å². The maximum absolute atomic E-state index is 4.70. The van der Waals surface area contributed by atoms with Gasteiger partial charge in [-0.3, -0.25) is 4.99 Å². The van der Waals surface area contributed by atoms with Crippen LogP contribution < -0.4 is 0 Å². The normalized spacial score (nSPS) is 14.7. The quantitative estimate of drug-likeness (QED) is 0.681. The average molecular weight is 217 g/mol. The average Bonchev–Trinajstić information content (AvgIpc) is 2.73. The molecule has 1 heteroatoms. The van der Waals surface area contributed by atoms with E-state index < -0.39 is 0 Å². The molecule has 0 amide bonds. The summed E-state index contributed by atoms with van der Waals surface area (Å²) in [6, 6.07) is 6.57. The topological polar surface area (TPSA) is 12.4 Å². The number of aryl methyl sites for hydroxylation is 1. The third-order valence-electron chi connectivity index (χ3n) is 3.06. The molecule has 2 rings (SSSR count). The number of benzene rings is 1. The van der Waals surface area contributed by atoms with Crippen molar-refractivity contribution in [2.75, 3.05) is 0 Å². The number of nitrogens with zero attached hydrogens (tertiary/aromatic N) is 1. The molecule has 0 spiro atoms. The van der Waals surface area contributed by atoms with Crippen LogP contribution in [0.5, 0.6) is 0 Å². The SMILES string of the molecule is CC.CCC(C)C1=Nc2cc(C)ccc2C1. The molecule has 1 atom stereocenters. The minimum Gasteiger partial charge on any atom is -0.257 e. The zero-order chi connectivity index (χ0) is 12.1. The second-order valence-electron chi connectivity index (χ2n) is 4.22. The van der Waals surface area contributed by atoms with Crippen molar-refractivity contribution in [3.05, 3.63) is 29.3 Å². The molecule has 1 unspecified atom stereocenters. The van der Waals surface area contributed by atoms with Gasteiger partial charge in [0.2, 0.25) is 0 Å². The summed E-state index contributed by atoms with van der Waals surface area (Å²) in [6.07, 6.45) is 2.25. The Labute approximate surface area is 99.6 Å². The van der Waals surface area contributed by atoms with E-state index in [1.807, 2.05) is 13.8 Å². The van der Waals surface area contributed by atoms with Crippen LogP contribution in [0.4, 0.5) is 5.69 Å². The van der Waals surface area contributed by atoms with Gasteiger partial charge >= 0.3 is 0 Å². The van der Waals surface area contributed by atoms with E-state index in [1.165, 1.54) is 28.9 Å². The molecular formula is C15H23N. The maximum Gasteiger partial charge on any atom is 0.0667 e. The Balaban J connectivity index is 0.000000606. The van der Waals surface area contributed by atoms with E-state index in [1.54, 1.807) is 0 Å². The van der Waals surface area contributed by atoms with E-state index in [9.17, 15) is 0 Å². The van der Waals surface area contributed by atoms with E-state index >= 15 is 0 Å². The van der Waals surface area contributed by atoms with Gasteiger partial charge in [0, 0.05) is 12.1 Å². The van der Waals surface area contributed by atoms with Gasteiger partial charge in [0.25, 0.3) is 0 Å². The van der Waals surface area contributed by atoms with Gasteiger partial charge in [-0.05, 0) is 36.5 Å². The van der Waals surface area contributed by atoms with Gasteiger partial charge in [-0.2, -0.15) is 0 Å². The van der Waals surface area contributed by atoms with Gasteiger partial charge in [-0.25, -0.2) is 0 Å². The van der Waals surface area contributed by atoms with Crippen LogP contribution in [0.1, 0.15) is 45.2 Å². The third kappa shape index (κ3) is 2.72. The highest BCUT2D eigenvalue weighted by Crippen LogP contribution is 2.30. The summed E-state index contributed by atoms with van der Waals surface area (Å²) in [5.41, 5.74) is 5.25. The summed E-state index contributed by atoms with van der Waals surface area (Å²) in [6.45, 7) is 10.6. The lowest BCUT2D eigenvalue weighted by molar-refractivity contribution is 0.732. The summed E-state index contributed by atoms with van der Waals surface area (Å²) < 4.78 is 0. The van der Waals surface area contributed by atoms with E-state index in [0.717, 1.165) is 6.42 Å². The zero-order valence-corrected chi connectivity index (χ0v) is 11.2. The van der Waals surface area contributed by atoms with Crippen molar-refractivity contribution in [2.45, 2.75) is 47.5 Å². The van der Waals surface area contributed by atoms with Gasteiger partial charge in [0.15, 0.2) is 0 Å². The fourth-order valence-corrected chi connectivity index (χ4v) is 1.84. The molecule has 0 bridgehead atoms. The minimum atomic E-state index is 0.628. The van der Waals surface area contributed by atoms with Crippen molar-refractivity contribution in [2.24, 2.45) is 10.9 Å². The van der Waals surface area contributed by atoms with Crippen LogP contribution in [0, 0.1) is 12.8 Å². The molecule has 1 aliphatic heterocycles. The lowest BCUT2D eigenvalue weighted by Gasteiger charge is -2.06. The molecule has 0 N–H and O–H groups in total. The summed E-state index contributed by atoms with van der Waals surface area (Å²) in [5.74, 6) is 0.628. The molecule has 1 aromatic carbocycles. The molecule has 16 heavy (non-hydrogen) atoms. The number of aliphatic imine (C=N–C) groups is 1.